The van der Waals surface area contributed by atoms with Crippen molar-refractivity contribution in [3.63, 3.8) is 0 Å². The van der Waals surface area contributed by atoms with E-state index in [2.05, 4.69) is 31.5 Å². The number of benzene rings is 2. The topological polar surface area (TPSA) is 44.4 Å². The largest absolute Gasteiger partial charge is 0.371 e. The van der Waals surface area contributed by atoms with Crippen molar-refractivity contribution in [3.8, 4) is 0 Å². The summed E-state index contributed by atoms with van der Waals surface area (Å²) in [6.07, 6.45) is 0.996. The zero-order valence-electron chi connectivity index (χ0n) is 14.1. The van der Waals surface area contributed by atoms with Crippen LogP contribution < -0.4 is 15.5 Å². The molecule has 0 aliphatic carbocycles. The molecule has 0 saturated carbocycles. The molecule has 0 spiro atoms. The Kier molecular flexibility index (Phi) is 6.38. The van der Waals surface area contributed by atoms with Gasteiger partial charge in [-0.1, -0.05) is 33.6 Å². The molecule has 1 atom stereocenters. The van der Waals surface area contributed by atoms with Gasteiger partial charge in [-0.15, -0.1) is 0 Å². The first-order valence-corrected chi connectivity index (χ1v) is 9.64. The third-order valence-electron chi connectivity index (χ3n) is 4.48. The van der Waals surface area contributed by atoms with Crippen LogP contribution in [0.3, 0.4) is 0 Å². The van der Waals surface area contributed by atoms with Crippen molar-refractivity contribution in [2.75, 3.05) is 24.5 Å². The Morgan fingerprint density at radius 1 is 1.23 bits per heavy atom. The molecule has 1 unspecified atom stereocenters. The Bertz CT molecular complexity index is 772. The van der Waals surface area contributed by atoms with E-state index in [4.69, 9.17) is 11.6 Å². The molecule has 7 heteroatoms. The molecule has 2 aromatic rings. The molecule has 138 valence electrons. The molecule has 2 aromatic carbocycles. The van der Waals surface area contributed by atoms with Crippen LogP contribution in [0.5, 0.6) is 0 Å². The van der Waals surface area contributed by atoms with E-state index in [0.717, 1.165) is 35.2 Å². The second-order valence-corrected chi connectivity index (χ2v) is 7.70. The quantitative estimate of drug-likeness (QED) is 0.715. The van der Waals surface area contributed by atoms with E-state index in [0.29, 0.717) is 24.0 Å². The van der Waals surface area contributed by atoms with Crippen LogP contribution in [0.15, 0.2) is 46.9 Å². The normalized spacial score (nSPS) is 16.6. The van der Waals surface area contributed by atoms with Gasteiger partial charge in [0.05, 0.1) is 0 Å². The van der Waals surface area contributed by atoms with Gasteiger partial charge in [0.1, 0.15) is 5.82 Å². The van der Waals surface area contributed by atoms with Gasteiger partial charge < -0.3 is 15.5 Å². The van der Waals surface area contributed by atoms with E-state index >= 15 is 0 Å². The number of nitrogens with one attached hydrogen (secondary N) is 2. The molecule has 1 aliphatic heterocycles. The number of carbonyl (C=O) groups is 1. The van der Waals surface area contributed by atoms with Crippen molar-refractivity contribution in [2.24, 2.45) is 5.92 Å². The van der Waals surface area contributed by atoms with Crippen LogP contribution in [0.2, 0.25) is 5.02 Å². The summed E-state index contributed by atoms with van der Waals surface area (Å²) >= 11 is 9.50. The SMILES string of the molecule is O=C(NCc1ccc(Br)cc1Cl)NCC1CCN(c2ccc(F)cc2)C1. The molecule has 0 aromatic heterocycles. The molecular formula is C19H20BrClFN3O. The first-order chi connectivity index (χ1) is 12.5. The lowest BCUT2D eigenvalue weighted by Gasteiger charge is -2.19. The third kappa shape index (κ3) is 5.11. The summed E-state index contributed by atoms with van der Waals surface area (Å²) in [7, 11) is 0. The minimum atomic E-state index is -0.228. The van der Waals surface area contributed by atoms with Crippen LogP contribution in [-0.4, -0.2) is 25.7 Å². The summed E-state index contributed by atoms with van der Waals surface area (Å²) in [5.74, 6) is 0.149. The number of anilines is 1. The fraction of sp³-hybridized carbons (Fsp3) is 0.316. The monoisotopic (exact) mass is 439 g/mol. The maximum absolute atomic E-state index is 13.0. The zero-order chi connectivity index (χ0) is 18.5. The van der Waals surface area contributed by atoms with Crippen molar-refractivity contribution < 1.29 is 9.18 Å². The molecule has 1 aliphatic rings. The van der Waals surface area contributed by atoms with Gasteiger partial charge in [-0.05, 0) is 54.3 Å². The lowest BCUT2D eigenvalue weighted by molar-refractivity contribution is 0.239. The predicted octanol–water partition coefficient (Wildman–Crippen LogP) is 4.57. The second-order valence-electron chi connectivity index (χ2n) is 6.38. The zero-order valence-corrected chi connectivity index (χ0v) is 16.5. The number of hydrogen-bond acceptors (Lipinski definition) is 2. The average molecular weight is 441 g/mol. The van der Waals surface area contributed by atoms with Crippen LogP contribution >= 0.6 is 27.5 Å². The number of rotatable bonds is 5. The number of carbonyl (C=O) groups excluding carboxylic acids is 1. The van der Waals surface area contributed by atoms with Gasteiger partial charge in [-0.2, -0.15) is 0 Å². The fourth-order valence-electron chi connectivity index (χ4n) is 3.03. The second kappa shape index (κ2) is 8.73. The minimum absolute atomic E-state index is 0.204. The minimum Gasteiger partial charge on any atom is -0.371 e. The molecule has 1 heterocycles. The fourth-order valence-corrected chi connectivity index (χ4v) is 3.77. The van der Waals surface area contributed by atoms with Gasteiger partial charge in [0.15, 0.2) is 0 Å². The van der Waals surface area contributed by atoms with Crippen molar-refractivity contribution in [3.05, 3.63) is 63.3 Å². The summed E-state index contributed by atoms with van der Waals surface area (Å²) in [5, 5.41) is 6.36. The molecule has 2 amide bonds. The summed E-state index contributed by atoms with van der Waals surface area (Å²) < 4.78 is 13.9. The van der Waals surface area contributed by atoms with Crippen LogP contribution in [-0.2, 0) is 6.54 Å². The van der Waals surface area contributed by atoms with E-state index < -0.39 is 0 Å². The molecule has 1 saturated heterocycles. The summed E-state index contributed by atoms with van der Waals surface area (Å²) in [4.78, 5) is 14.2. The highest BCUT2D eigenvalue weighted by Crippen LogP contribution is 2.24. The van der Waals surface area contributed by atoms with Gasteiger partial charge in [0, 0.05) is 41.4 Å². The highest BCUT2D eigenvalue weighted by Gasteiger charge is 2.23. The first-order valence-electron chi connectivity index (χ1n) is 8.47. The number of halogens is 3. The van der Waals surface area contributed by atoms with E-state index in [1.807, 2.05) is 12.1 Å². The van der Waals surface area contributed by atoms with Crippen molar-refractivity contribution >= 4 is 39.2 Å². The van der Waals surface area contributed by atoms with Crippen LogP contribution in [0.1, 0.15) is 12.0 Å². The van der Waals surface area contributed by atoms with E-state index in [9.17, 15) is 9.18 Å². The van der Waals surface area contributed by atoms with E-state index in [1.165, 1.54) is 12.1 Å². The van der Waals surface area contributed by atoms with Crippen molar-refractivity contribution in [2.45, 2.75) is 13.0 Å². The van der Waals surface area contributed by atoms with Crippen LogP contribution in [0.25, 0.3) is 0 Å². The average Bonchev–Trinajstić information content (AvgIpc) is 3.09. The lowest BCUT2D eigenvalue weighted by Crippen LogP contribution is -2.38. The summed E-state index contributed by atoms with van der Waals surface area (Å²) in [6.45, 7) is 2.75. The van der Waals surface area contributed by atoms with Gasteiger partial charge in [0.2, 0.25) is 0 Å². The summed E-state index contributed by atoms with van der Waals surface area (Å²) in [6, 6.07) is 11.9. The highest BCUT2D eigenvalue weighted by molar-refractivity contribution is 9.10. The molecule has 3 rings (SSSR count). The molecule has 4 nitrogen and oxygen atoms in total. The maximum Gasteiger partial charge on any atom is 0.315 e. The smallest absolute Gasteiger partial charge is 0.315 e. The maximum atomic E-state index is 13.0. The molecule has 2 N–H and O–H groups in total. The van der Waals surface area contributed by atoms with Gasteiger partial charge in [-0.25, -0.2) is 9.18 Å². The van der Waals surface area contributed by atoms with Crippen LogP contribution in [0, 0.1) is 11.7 Å². The van der Waals surface area contributed by atoms with Gasteiger partial charge in [0.25, 0.3) is 0 Å². The van der Waals surface area contributed by atoms with Crippen LogP contribution in [0.4, 0.5) is 14.9 Å². The molecule has 26 heavy (non-hydrogen) atoms. The lowest BCUT2D eigenvalue weighted by atomic mass is 10.1. The Morgan fingerprint density at radius 3 is 2.73 bits per heavy atom. The molecule has 0 radical (unpaired) electrons. The molecule has 1 fully saturated rings. The third-order valence-corrected chi connectivity index (χ3v) is 5.33. The summed E-state index contributed by atoms with van der Waals surface area (Å²) in [5.41, 5.74) is 1.89. The Labute approximate surface area is 165 Å². The molecular weight excluding hydrogens is 421 g/mol. The van der Waals surface area contributed by atoms with Gasteiger partial charge >= 0.3 is 6.03 Å². The van der Waals surface area contributed by atoms with Crippen molar-refractivity contribution in [1.82, 2.24) is 10.6 Å². The Morgan fingerprint density at radius 2 is 2.00 bits per heavy atom. The predicted molar refractivity (Wildman–Crippen MR) is 106 cm³/mol. The number of hydrogen-bond donors (Lipinski definition) is 2. The Hall–Kier alpha value is -1.79. The molecule has 0 bridgehead atoms. The number of nitrogens with zero attached hydrogens (tertiary/aromatic N) is 1. The van der Waals surface area contributed by atoms with E-state index in [1.54, 1.807) is 18.2 Å². The first kappa shape index (κ1) is 19.0. The number of urea groups is 1. The van der Waals surface area contributed by atoms with Gasteiger partial charge in [-0.3, -0.25) is 0 Å². The Balaban J connectivity index is 1.41. The number of amides is 2. The standard InChI is InChI=1S/C19H20BrClFN3O/c20-15-2-1-14(18(21)9-15)11-24-19(26)23-10-13-7-8-25(12-13)17-5-3-16(22)4-6-17/h1-6,9,13H,7-8,10-12H2,(H2,23,24,26). The van der Waals surface area contributed by atoms with E-state index in [-0.39, 0.29) is 11.8 Å². The van der Waals surface area contributed by atoms with Crippen molar-refractivity contribution in [1.29, 1.82) is 0 Å². The highest BCUT2D eigenvalue weighted by atomic mass is 79.9.